The molecule has 3 atom stereocenters. The van der Waals surface area contributed by atoms with Gasteiger partial charge in [0.15, 0.2) is 0 Å². The van der Waals surface area contributed by atoms with E-state index in [1.807, 2.05) is 11.8 Å². The highest BCUT2D eigenvalue weighted by molar-refractivity contribution is 8.76. The molecule has 3 rings (SSSR count). The van der Waals surface area contributed by atoms with Gasteiger partial charge in [-0.1, -0.05) is 28.0 Å². The van der Waals surface area contributed by atoms with Crippen molar-refractivity contribution in [2.75, 3.05) is 23.8 Å². The van der Waals surface area contributed by atoms with Crippen LogP contribution in [0.25, 0.3) is 0 Å². The highest BCUT2D eigenvalue weighted by Crippen LogP contribution is 2.33. The van der Waals surface area contributed by atoms with Gasteiger partial charge >= 0.3 is 12.0 Å². The second kappa shape index (κ2) is 12.6. The fourth-order valence-corrected chi connectivity index (χ4v) is 7.06. The van der Waals surface area contributed by atoms with E-state index in [0.29, 0.717) is 34.8 Å². The lowest BCUT2D eigenvalue weighted by Gasteiger charge is -2.16. The van der Waals surface area contributed by atoms with Gasteiger partial charge in [0, 0.05) is 48.3 Å². The summed E-state index contributed by atoms with van der Waals surface area (Å²) < 4.78 is 0. The molecule has 3 saturated heterocycles. The minimum Gasteiger partial charge on any atom is -0.355 e. The van der Waals surface area contributed by atoms with E-state index in [-0.39, 0.29) is 43.3 Å². The Morgan fingerprint density at radius 3 is 2.59 bits per heavy atom. The topological polar surface area (TPSA) is 134 Å². The molecule has 5 amide bonds. The standard InChI is InChI=1S/C19H28N4O6S3/c24-14(4-2-1-3-13-18-12(11-30-13)21-19(28)22-18)20-8-10-32-31-9-7-17(27)29-23-15(25)5-6-16(23)26/h12-13,18H,1-11H2,(H,20,24)(H2,21,22,28). The van der Waals surface area contributed by atoms with Crippen molar-refractivity contribution in [1.29, 1.82) is 0 Å². The Hall–Kier alpha value is -1.60. The van der Waals surface area contributed by atoms with Crippen LogP contribution in [0.1, 0.15) is 44.9 Å². The van der Waals surface area contributed by atoms with Gasteiger partial charge in [0.1, 0.15) is 0 Å². The van der Waals surface area contributed by atoms with Crippen LogP contribution in [-0.2, 0) is 24.0 Å². The van der Waals surface area contributed by atoms with E-state index in [1.54, 1.807) is 0 Å². The van der Waals surface area contributed by atoms with Gasteiger partial charge in [-0.05, 0) is 12.8 Å². The lowest BCUT2D eigenvalue weighted by Crippen LogP contribution is -2.36. The van der Waals surface area contributed by atoms with Crippen LogP contribution in [-0.4, -0.2) is 75.9 Å². The van der Waals surface area contributed by atoms with Crippen LogP contribution in [0.4, 0.5) is 4.79 Å². The van der Waals surface area contributed by atoms with E-state index in [2.05, 4.69) is 16.0 Å². The van der Waals surface area contributed by atoms with Crippen LogP contribution in [0.3, 0.4) is 0 Å². The number of urea groups is 1. The predicted molar refractivity (Wildman–Crippen MR) is 124 cm³/mol. The molecular weight excluding hydrogens is 476 g/mol. The number of thioether (sulfide) groups is 1. The monoisotopic (exact) mass is 504 g/mol. The number of imide groups is 1. The Balaban J connectivity index is 1.12. The van der Waals surface area contributed by atoms with E-state index in [9.17, 15) is 24.0 Å². The maximum atomic E-state index is 11.9. The number of unbranched alkanes of at least 4 members (excludes halogenated alkanes) is 1. The molecule has 3 heterocycles. The molecule has 0 bridgehead atoms. The van der Waals surface area contributed by atoms with E-state index in [1.165, 1.54) is 21.6 Å². The molecule has 32 heavy (non-hydrogen) atoms. The molecule has 13 heteroatoms. The fourth-order valence-electron chi connectivity index (χ4n) is 3.64. The van der Waals surface area contributed by atoms with Crippen molar-refractivity contribution in [2.45, 2.75) is 62.3 Å². The number of carbonyl (C=O) groups excluding carboxylic acids is 5. The van der Waals surface area contributed by atoms with Gasteiger partial charge in [-0.2, -0.15) is 11.8 Å². The van der Waals surface area contributed by atoms with Gasteiger partial charge in [0.25, 0.3) is 11.8 Å². The predicted octanol–water partition coefficient (Wildman–Crippen LogP) is 1.21. The third kappa shape index (κ3) is 7.48. The van der Waals surface area contributed by atoms with Crippen LogP contribution in [0.2, 0.25) is 0 Å². The zero-order valence-corrected chi connectivity index (χ0v) is 20.1. The molecular formula is C19H28N4O6S3. The number of fused-ring (bicyclic) bond motifs is 1. The van der Waals surface area contributed by atoms with Gasteiger partial charge in [-0.15, -0.1) is 5.06 Å². The van der Waals surface area contributed by atoms with Crippen LogP contribution < -0.4 is 16.0 Å². The molecule has 3 aliphatic rings. The first-order valence-corrected chi connectivity index (χ1v) is 14.2. The molecule has 10 nitrogen and oxygen atoms in total. The second-order valence-electron chi connectivity index (χ2n) is 7.66. The van der Waals surface area contributed by atoms with Crippen molar-refractivity contribution in [2.24, 2.45) is 0 Å². The maximum Gasteiger partial charge on any atom is 0.334 e. The van der Waals surface area contributed by atoms with Gasteiger partial charge in [-0.3, -0.25) is 14.4 Å². The largest absolute Gasteiger partial charge is 0.355 e. The minimum absolute atomic E-state index is 0.0342. The number of carbonyl (C=O) groups is 5. The summed E-state index contributed by atoms with van der Waals surface area (Å²) in [6.45, 7) is 0.553. The quantitative estimate of drug-likeness (QED) is 0.146. The summed E-state index contributed by atoms with van der Waals surface area (Å²) >= 11 is 1.88. The van der Waals surface area contributed by atoms with Gasteiger partial charge in [-0.25, -0.2) is 9.59 Å². The summed E-state index contributed by atoms with van der Waals surface area (Å²) in [6.07, 6.45) is 3.54. The first kappa shape index (κ1) is 25.0. The summed E-state index contributed by atoms with van der Waals surface area (Å²) in [5, 5.41) is 9.78. The van der Waals surface area contributed by atoms with E-state index in [4.69, 9.17) is 4.84 Å². The second-order valence-corrected chi connectivity index (χ2v) is 11.6. The Morgan fingerprint density at radius 1 is 1.06 bits per heavy atom. The normalized spacial score (nSPS) is 24.3. The van der Waals surface area contributed by atoms with E-state index >= 15 is 0 Å². The number of hydrogen-bond acceptors (Lipinski definition) is 9. The third-order valence-electron chi connectivity index (χ3n) is 5.26. The Bertz CT molecular complexity index is 724. The summed E-state index contributed by atoms with van der Waals surface area (Å²) in [7, 11) is 3.01. The van der Waals surface area contributed by atoms with E-state index in [0.717, 1.165) is 25.0 Å². The molecule has 0 radical (unpaired) electrons. The summed E-state index contributed by atoms with van der Waals surface area (Å²) in [5.74, 6) is 0.621. The van der Waals surface area contributed by atoms with Crippen LogP contribution in [0.5, 0.6) is 0 Å². The van der Waals surface area contributed by atoms with Crippen molar-refractivity contribution in [3.05, 3.63) is 0 Å². The van der Waals surface area contributed by atoms with Crippen LogP contribution in [0.15, 0.2) is 0 Å². The highest BCUT2D eigenvalue weighted by atomic mass is 33.1. The van der Waals surface area contributed by atoms with Crippen molar-refractivity contribution in [1.82, 2.24) is 21.0 Å². The number of nitrogens with zero attached hydrogens (tertiary/aromatic N) is 1. The molecule has 0 aromatic rings. The highest BCUT2D eigenvalue weighted by Gasteiger charge is 2.42. The number of hydroxylamine groups is 2. The molecule has 0 aromatic heterocycles. The minimum atomic E-state index is -0.604. The first-order valence-electron chi connectivity index (χ1n) is 10.7. The molecule has 3 aliphatic heterocycles. The van der Waals surface area contributed by atoms with Gasteiger partial charge in [0.2, 0.25) is 5.91 Å². The molecule has 0 aromatic carbocycles. The zero-order chi connectivity index (χ0) is 22.9. The lowest BCUT2D eigenvalue weighted by molar-refractivity contribution is -0.197. The Morgan fingerprint density at radius 2 is 1.81 bits per heavy atom. The van der Waals surface area contributed by atoms with Crippen LogP contribution in [0, 0.1) is 0 Å². The summed E-state index contributed by atoms with van der Waals surface area (Å²) in [5.41, 5.74) is 0. The first-order chi connectivity index (χ1) is 15.4. The Labute approximate surface area is 198 Å². The van der Waals surface area contributed by atoms with Crippen molar-refractivity contribution >= 4 is 63.1 Å². The summed E-state index contributed by atoms with van der Waals surface area (Å²) in [6, 6.07) is 0.374. The number of nitrogens with one attached hydrogen (secondary N) is 3. The SMILES string of the molecule is O=C(CCCCC1SCC2NC(=O)NC21)NCCSSCCC(=O)ON1C(=O)CCC1=O. The number of hydrogen-bond donors (Lipinski definition) is 3. The van der Waals surface area contributed by atoms with Crippen molar-refractivity contribution in [3.63, 3.8) is 0 Å². The van der Waals surface area contributed by atoms with Gasteiger partial charge < -0.3 is 20.8 Å². The lowest BCUT2D eigenvalue weighted by atomic mass is 10.0. The summed E-state index contributed by atoms with van der Waals surface area (Å²) in [4.78, 5) is 62.6. The average molecular weight is 505 g/mol. The zero-order valence-electron chi connectivity index (χ0n) is 17.6. The van der Waals surface area contributed by atoms with Gasteiger partial charge in [0.05, 0.1) is 18.5 Å². The average Bonchev–Trinajstić information content (AvgIpc) is 3.40. The smallest absolute Gasteiger partial charge is 0.334 e. The molecule has 0 saturated carbocycles. The number of amides is 5. The maximum absolute atomic E-state index is 11.9. The molecule has 0 spiro atoms. The molecule has 178 valence electrons. The molecule has 3 N–H and O–H groups in total. The van der Waals surface area contributed by atoms with Crippen molar-refractivity contribution < 1.29 is 28.8 Å². The molecule has 0 aliphatic carbocycles. The number of rotatable bonds is 13. The van der Waals surface area contributed by atoms with E-state index < -0.39 is 17.8 Å². The molecule has 3 fully saturated rings. The fraction of sp³-hybridized carbons (Fsp3) is 0.737. The molecule has 3 unspecified atom stereocenters. The third-order valence-corrected chi connectivity index (χ3v) is 9.18. The van der Waals surface area contributed by atoms with Crippen molar-refractivity contribution in [3.8, 4) is 0 Å². The Kier molecular flexibility index (Phi) is 9.85. The van der Waals surface area contributed by atoms with Crippen LogP contribution >= 0.6 is 33.3 Å².